The maximum Gasteiger partial charge on any atom is 0.417 e. The second kappa shape index (κ2) is 9.13. The molecule has 7 nitrogen and oxygen atoms in total. The lowest BCUT2D eigenvalue weighted by Gasteiger charge is -2.24. The molecule has 1 unspecified atom stereocenters. The lowest BCUT2D eigenvalue weighted by Crippen LogP contribution is -2.38. The van der Waals surface area contributed by atoms with E-state index in [4.69, 9.17) is 28.0 Å². The third kappa shape index (κ3) is 4.50. The van der Waals surface area contributed by atoms with Gasteiger partial charge in [0.05, 0.1) is 35.1 Å². The molecule has 1 aliphatic heterocycles. The second-order valence-corrected chi connectivity index (χ2v) is 7.23. The number of carbonyl (C=O) groups is 2. The van der Waals surface area contributed by atoms with Crippen molar-refractivity contribution in [1.29, 1.82) is 5.26 Å². The predicted octanol–water partition coefficient (Wildman–Crippen LogP) is 3.36. The van der Waals surface area contributed by atoms with E-state index in [1.807, 2.05) is 0 Å². The quantitative estimate of drug-likeness (QED) is 0.503. The summed E-state index contributed by atoms with van der Waals surface area (Å²) in [7, 11) is 0. The third-order valence-corrected chi connectivity index (χ3v) is 5.26. The highest BCUT2D eigenvalue weighted by atomic mass is 32.1. The van der Waals surface area contributed by atoms with Gasteiger partial charge in [0.15, 0.2) is 5.11 Å². The van der Waals surface area contributed by atoms with Crippen LogP contribution in [0.3, 0.4) is 0 Å². The van der Waals surface area contributed by atoms with Gasteiger partial charge in [-0.2, -0.15) is 18.4 Å². The highest BCUT2D eigenvalue weighted by molar-refractivity contribution is 7.81. The van der Waals surface area contributed by atoms with Crippen LogP contribution in [0.15, 0.2) is 36.4 Å². The van der Waals surface area contributed by atoms with Gasteiger partial charge in [-0.25, -0.2) is 4.39 Å². The molecule has 0 radical (unpaired) electrons. The van der Waals surface area contributed by atoms with E-state index in [1.54, 1.807) is 6.92 Å². The molecule has 3 rings (SSSR count). The van der Waals surface area contributed by atoms with E-state index < -0.39 is 41.0 Å². The Hall–Kier alpha value is -3.56. The molecule has 0 bridgehead atoms. The summed E-state index contributed by atoms with van der Waals surface area (Å²) in [5.74, 6) is -2.66. The van der Waals surface area contributed by atoms with Gasteiger partial charge in [-0.3, -0.25) is 14.5 Å². The van der Waals surface area contributed by atoms with E-state index in [0.29, 0.717) is 6.07 Å². The number of amides is 2. The Bertz CT molecular complexity index is 1180. The topological polar surface area (TPSA) is 99.7 Å². The highest BCUT2D eigenvalue weighted by Gasteiger charge is 2.45. The second-order valence-electron chi connectivity index (χ2n) is 6.87. The first-order valence-corrected chi connectivity index (χ1v) is 9.87. The molecule has 1 fully saturated rings. The summed E-state index contributed by atoms with van der Waals surface area (Å²) in [5.41, 5.74) is 2.76. The number of primary amides is 1. The molecule has 2 aromatic carbocycles. The van der Waals surface area contributed by atoms with Crippen LogP contribution in [0, 0.1) is 17.1 Å². The van der Waals surface area contributed by atoms with Crippen LogP contribution in [0.25, 0.3) is 0 Å². The van der Waals surface area contributed by atoms with Gasteiger partial charge >= 0.3 is 6.18 Å². The van der Waals surface area contributed by atoms with Crippen LogP contribution in [0.2, 0.25) is 0 Å². The highest BCUT2D eigenvalue weighted by Crippen LogP contribution is 2.37. The monoisotopic (exact) mass is 480 g/mol. The molecule has 2 N–H and O–H groups in total. The number of alkyl halides is 3. The van der Waals surface area contributed by atoms with Crippen molar-refractivity contribution >= 4 is 40.5 Å². The van der Waals surface area contributed by atoms with Gasteiger partial charge in [-0.15, -0.1) is 0 Å². The number of carbonyl (C=O) groups excluding carboxylic acids is 2. The Morgan fingerprint density at radius 2 is 1.91 bits per heavy atom. The van der Waals surface area contributed by atoms with E-state index >= 15 is 0 Å². The van der Waals surface area contributed by atoms with Gasteiger partial charge in [-0.1, -0.05) is 0 Å². The standard InChI is InChI=1S/C21H16F4N4O3S/c1-2-32-10-17-19(31)29(12-4-3-11(9-26)15(7-12)21(23,24)25)20(33)28(17)13-5-6-14(18(27)30)16(22)8-13/h3-8,17H,2,10H2,1H3,(H2,27,30). The molecule has 1 atom stereocenters. The van der Waals surface area contributed by atoms with Crippen LogP contribution in [-0.4, -0.2) is 36.2 Å². The summed E-state index contributed by atoms with van der Waals surface area (Å²) in [5, 5.41) is 8.78. The first kappa shape index (κ1) is 24.1. The number of nitriles is 1. The summed E-state index contributed by atoms with van der Waals surface area (Å²) in [6, 6.07) is 6.49. The SMILES string of the molecule is CCOCC1C(=O)N(c2ccc(C#N)c(C(F)(F)F)c2)C(=S)N1c1ccc(C(N)=O)c(F)c1. The number of halogens is 4. The van der Waals surface area contributed by atoms with Crippen molar-refractivity contribution in [2.24, 2.45) is 5.73 Å². The van der Waals surface area contributed by atoms with Gasteiger partial charge < -0.3 is 15.4 Å². The molecule has 0 saturated carbocycles. The molecule has 1 saturated heterocycles. The molecule has 33 heavy (non-hydrogen) atoms. The number of thiocarbonyl (C=S) groups is 1. The van der Waals surface area contributed by atoms with Crippen LogP contribution in [0.5, 0.6) is 0 Å². The van der Waals surface area contributed by atoms with Crippen LogP contribution < -0.4 is 15.5 Å². The van der Waals surface area contributed by atoms with Crippen molar-refractivity contribution < 1.29 is 31.9 Å². The maximum absolute atomic E-state index is 14.4. The fourth-order valence-electron chi connectivity index (χ4n) is 3.36. The van der Waals surface area contributed by atoms with E-state index in [0.717, 1.165) is 29.2 Å². The van der Waals surface area contributed by atoms with Crippen LogP contribution in [-0.2, 0) is 15.7 Å². The molecule has 1 heterocycles. The zero-order valence-electron chi connectivity index (χ0n) is 17.0. The number of ether oxygens (including phenoxy) is 1. The summed E-state index contributed by atoms with van der Waals surface area (Å²) < 4.78 is 60.0. The Balaban J connectivity index is 2.10. The molecule has 0 spiro atoms. The number of rotatable bonds is 6. The minimum absolute atomic E-state index is 0.0766. The average molecular weight is 480 g/mol. The van der Waals surface area contributed by atoms with E-state index in [1.165, 1.54) is 17.0 Å². The number of anilines is 2. The van der Waals surface area contributed by atoms with Gasteiger partial charge in [0, 0.05) is 12.3 Å². The number of nitrogens with two attached hydrogens (primary N) is 1. The average Bonchev–Trinajstić information content (AvgIpc) is 3.00. The molecule has 2 amide bonds. The molecular formula is C21H16F4N4O3S. The zero-order chi connectivity index (χ0) is 24.5. The van der Waals surface area contributed by atoms with Crippen molar-refractivity contribution in [3.05, 3.63) is 58.9 Å². The van der Waals surface area contributed by atoms with E-state index in [9.17, 15) is 27.2 Å². The summed E-state index contributed by atoms with van der Waals surface area (Å²) in [4.78, 5) is 26.6. The first-order valence-electron chi connectivity index (χ1n) is 9.46. The Labute approximate surface area is 190 Å². The normalized spacial score (nSPS) is 16.3. The summed E-state index contributed by atoms with van der Waals surface area (Å²) in [6.07, 6.45) is -4.84. The van der Waals surface area contributed by atoms with Crippen molar-refractivity contribution in [2.45, 2.75) is 19.1 Å². The number of hydrogen-bond acceptors (Lipinski definition) is 5. The Kier molecular flexibility index (Phi) is 6.66. The number of hydrogen-bond donors (Lipinski definition) is 1. The molecule has 172 valence electrons. The molecule has 12 heteroatoms. The van der Waals surface area contributed by atoms with Crippen molar-refractivity contribution in [2.75, 3.05) is 23.0 Å². The smallest absolute Gasteiger partial charge is 0.379 e. The summed E-state index contributed by atoms with van der Waals surface area (Å²) in [6.45, 7) is 1.72. The Morgan fingerprint density at radius 3 is 2.45 bits per heavy atom. The van der Waals surface area contributed by atoms with Gasteiger partial charge in [0.25, 0.3) is 11.8 Å². The van der Waals surface area contributed by atoms with Gasteiger partial charge in [0.2, 0.25) is 0 Å². The molecule has 0 aromatic heterocycles. The van der Waals surface area contributed by atoms with Crippen molar-refractivity contribution in [3.63, 3.8) is 0 Å². The van der Waals surface area contributed by atoms with Crippen LogP contribution in [0.4, 0.5) is 28.9 Å². The van der Waals surface area contributed by atoms with Crippen LogP contribution >= 0.6 is 12.2 Å². The zero-order valence-corrected chi connectivity index (χ0v) is 17.8. The fourth-order valence-corrected chi connectivity index (χ4v) is 3.78. The van der Waals surface area contributed by atoms with E-state index in [-0.39, 0.29) is 35.3 Å². The minimum Gasteiger partial charge on any atom is -0.379 e. The Morgan fingerprint density at radius 1 is 1.24 bits per heavy atom. The number of nitrogens with zero attached hydrogens (tertiary/aromatic N) is 3. The van der Waals surface area contributed by atoms with E-state index in [2.05, 4.69) is 0 Å². The fraction of sp³-hybridized carbons (Fsp3) is 0.238. The largest absolute Gasteiger partial charge is 0.417 e. The van der Waals surface area contributed by atoms with Gasteiger partial charge in [-0.05, 0) is 55.5 Å². The van der Waals surface area contributed by atoms with Crippen molar-refractivity contribution in [3.8, 4) is 6.07 Å². The minimum atomic E-state index is -4.84. The maximum atomic E-state index is 14.4. The van der Waals surface area contributed by atoms with Crippen molar-refractivity contribution in [1.82, 2.24) is 0 Å². The van der Waals surface area contributed by atoms with Gasteiger partial charge in [0.1, 0.15) is 11.9 Å². The molecular weight excluding hydrogens is 464 g/mol. The molecule has 2 aromatic rings. The lowest BCUT2D eigenvalue weighted by atomic mass is 10.1. The summed E-state index contributed by atoms with van der Waals surface area (Å²) >= 11 is 5.37. The molecule has 0 aliphatic carbocycles. The molecule has 1 aliphatic rings. The number of benzene rings is 2. The third-order valence-electron chi connectivity index (χ3n) is 4.88. The lowest BCUT2D eigenvalue weighted by molar-refractivity contribution is -0.137. The van der Waals surface area contributed by atoms with Crippen LogP contribution in [0.1, 0.15) is 28.4 Å². The predicted molar refractivity (Wildman–Crippen MR) is 114 cm³/mol. The first-order chi connectivity index (χ1) is 15.5.